The van der Waals surface area contributed by atoms with E-state index in [0.29, 0.717) is 19.3 Å². The van der Waals surface area contributed by atoms with Gasteiger partial charge in [-0.3, -0.25) is 4.79 Å². The number of aliphatic hydroxyl groups excluding tert-OH is 1. The largest absolute Gasteiger partial charge is 0.469 e. The van der Waals surface area contributed by atoms with E-state index in [1.54, 1.807) is 0 Å². The van der Waals surface area contributed by atoms with Gasteiger partial charge in [0.05, 0.1) is 7.11 Å². The Kier molecular flexibility index (Phi) is 7.67. The number of carbonyl (C=O) groups excluding carboxylic acids is 1. The van der Waals surface area contributed by atoms with Gasteiger partial charge in [-0.2, -0.15) is 0 Å². The van der Waals surface area contributed by atoms with Crippen molar-refractivity contribution in [3.63, 3.8) is 0 Å². The van der Waals surface area contributed by atoms with Crippen molar-refractivity contribution >= 4 is 17.7 Å². The summed E-state index contributed by atoms with van der Waals surface area (Å²) in [5, 5.41) is 9.14. The Morgan fingerprint density at radius 3 is 2.68 bits per heavy atom. The van der Waals surface area contributed by atoms with E-state index >= 15 is 0 Å². The van der Waals surface area contributed by atoms with E-state index in [1.165, 1.54) is 7.11 Å². The average Bonchev–Trinajstić information content (AvgIpc) is 2.55. The highest BCUT2D eigenvalue weighted by Gasteiger charge is 2.25. The molecule has 0 amide bonds. The molecule has 0 unspecified atom stereocenters. The van der Waals surface area contributed by atoms with Gasteiger partial charge in [0.25, 0.3) is 0 Å². The zero-order valence-corrected chi connectivity index (χ0v) is 13.5. The molecule has 0 aliphatic rings. The SMILES string of the molecule is CC[C@@](/C=C/c1ccccc1N)(CCCO)CCC(=O)OC. The third-order valence-corrected chi connectivity index (χ3v) is 4.20. The molecule has 0 saturated carbocycles. The first-order chi connectivity index (χ1) is 10.6. The molecular weight excluding hydrogens is 278 g/mol. The van der Waals surface area contributed by atoms with Crippen molar-refractivity contribution in [2.75, 3.05) is 19.5 Å². The van der Waals surface area contributed by atoms with Crippen molar-refractivity contribution in [1.82, 2.24) is 0 Å². The maximum absolute atomic E-state index is 11.5. The standard InChI is InChI=1S/C18H27NO3/c1-3-18(11-6-14-20,13-10-17(21)22-2)12-9-15-7-4-5-8-16(15)19/h4-5,7-9,12,20H,3,6,10-11,13-14,19H2,1-2H3/b12-9+/t18-/m0/s1. The summed E-state index contributed by atoms with van der Waals surface area (Å²) in [4.78, 5) is 11.5. The molecule has 0 aromatic heterocycles. The van der Waals surface area contributed by atoms with Crippen LogP contribution in [0.15, 0.2) is 30.3 Å². The molecule has 0 aliphatic heterocycles. The molecule has 1 atom stereocenters. The van der Waals surface area contributed by atoms with Crippen LogP contribution in [0.5, 0.6) is 0 Å². The number of esters is 1. The number of anilines is 1. The van der Waals surface area contributed by atoms with Gasteiger partial charge in [-0.1, -0.05) is 37.3 Å². The zero-order valence-electron chi connectivity index (χ0n) is 13.5. The van der Waals surface area contributed by atoms with Crippen molar-refractivity contribution in [2.45, 2.75) is 39.0 Å². The van der Waals surface area contributed by atoms with Gasteiger partial charge in [-0.15, -0.1) is 0 Å². The Bertz CT molecular complexity index is 499. The van der Waals surface area contributed by atoms with Gasteiger partial charge in [0.2, 0.25) is 0 Å². The Labute approximate surface area is 133 Å². The fourth-order valence-corrected chi connectivity index (χ4v) is 2.58. The number of nitrogens with two attached hydrogens (primary N) is 1. The zero-order chi connectivity index (χ0) is 16.4. The number of methoxy groups -OCH3 is 1. The first kappa shape index (κ1) is 18.2. The average molecular weight is 305 g/mol. The van der Waals surface area contributed by atoms with E-state index in [2.05, 4.69) is 13.0 Å². The van der Waals surface area contributed by atoms with Crippen LogP contribution in [0.2, 0.25) is 0 Å². The molecule has 1 aromatic carbocycles. The van der Waals surface area contributed by atoms with Gasteiger partial charge in [0.1, 0.15) is 0 Å². The summed E-state index contributed by atoms with van der Waals surface area (Å²) in [5.41, 5.74) is 7.55. The normalized spacial score (nSPS) is 14.0. The lowest BCUT2D eigenvalue weighted by Crippen LogP contribution is -2.19. The van der Waals surface area contributed by atoms with Crippen LogP contribution in [0, 0.1) is 5.41 Å². The molecule has 0 bridgehead atoms. The summed E-state index contributed by atoms with van der Waals surface area (Å²) in [5.74, 6) is -0.200. The van der Waals surface area contributed by atoms with E-state index in [-0.39, 0.29) is 18.0 Å². The molecular formula is C18H27NO3. The van der Waals surface area contributed by atoms with Crippen LogP contribution in [0.25, 0.3) is 6.08 Å². The number of aliphatic hydroxyl groups is 1. The van der Waals surface area contributed by atoms with E-state index in [0.717, 1.165) is 24.1 Å². The Hall–Kier alpha value is -1.81. The quantitative estimate of drug-likeness (QED) is 0.542. The minimum atomic E-state index is -0.200. The van der Waals surface area contributed by atoms with Crippen molar-refractivity contribution in [3.05, 3.63) is 35.9 Å². The second kappa shape index (κ2) is 9.26. The maximum atomic E-state index is 11.5. The van der Waals surface area contributed by atoms with E-state index in [1.807, 2.05) is 30.3 Å². The molecule has 0 fully saturated rings. The molecule has 4 nitrogen and oxygen atoms in total. The Balaban J connectivity index is 2.92. The number of rotatable bonds is 9. The third-order valence-electron chi connectivity index (χ3n) is 4.20. The predicted octanol–water partition coefficient (Wildman–Crippen LogP) is 3.40. The molecule has 122 valence electrons. The minimum Gasteiger partial charge on any atom is -0.469 e. The number of ether oxygens (including phenoxy) is 1. The van der Waals surface area contributed by atoms with Crippen molar-refractivity contribution < 1.29 is 14.6 Å². The first-order valence-corrected chi connectivity index (χ1v) is 7.78. The highest BCUT2D eigenvalue weighted by molar-refractivity contribution is 5.69. The molecule has 22 heavy (non-hydrogen) atoms. The van der Waals surface area contributed by atoms with Gasteiger partial charge >= 0.3 is 5.97 Å². The molecule has 0 saturated heterocycles. The number of nitrogen functional groups attached to an aromatic ring is 1. The number of hydrogen-bond acceptors (Lipinski definition) is 4. The molecule has 0 spiro atoms. The Morgan fingerprint density at radius 1 is 1.36 bits per heavy atom. The number of allylic oxidation sites excluding steroid dienone is 1. The van der Waals surface area contributed by atoms with E-state index < -0.39 is 0 Å². The van der Waals surface area contributed by atoms with Crippen molar-refractivity contribution in [1.29, 1.82) is 0 Å². The lowest BCUT2D eigenvalue weighted by Gasteiger charge is -2.29. The van der Waals surface area contributed by atoms with Crippen LogP contribution in [-0.2, 0) is 9.53 Å². The number of para-hydroxylation sites is 1. The summed E-state index contributed by atoms with van der Waals surface area (Å²) in [6.45, 7) is 2.26. The van der Waals surface area contributed by atoms with Crippen LogP contribution in [0.1, 0.15) is 44.6 Å². The Morgan fingerprint density at radius 2 is 2.09 bits per heavy atom. The highest BCUT2D eigenvalue weighted by Crippen LogP contribution is 2.36. The van der Waals surface area contributed by atoms with Crippen molar-refractivity contribution in [2.24, 2.45) is 5.41 Å². The fraction of sp³-hybridized carbons (Fsp3) is 0.500. The topological polar surface area (TPSA) is 72.5 Å². The van der Waals surface area contributed by atoms with Crippen LogP contribution in [0.4, 0.5) is 5.69 Å². The van der Waals surface area contributed by atoms with Gasteiger partial charge in [-0.25, -0.2) is 0 Å². The summed E-state index contributed by atoms with van der Waals surface area (Å²) >= 11 is 0. The summed E-state index contributed by atoms with van der Waals surface area (Å²) in [6, 6.07) is 7.70. The molecule has 0 aliphatic carbocycles. The molecule has 4 heteroatoms. The fourth-order valence-electron chi connectivity index (χ4n) is 2.58. The molecule has 1 rings (SSSR count). The molecule has 3 N–H and O–H groups in total. The summed E-state index contributed by atoms with van der Waals surface area (Å²) in [6.07, 6.45) is 7.69. The molecule has 0 heterocycles. The minimum absolute atomic E-state index is 0.126. The first-order valence-electron chi connectivity index (χ1n) is 7.78. The number of hydrogen-bond donors (Lipinski definition) is 2. The summed E-state index contributed by atoms with van der Waals surface area (Å²) in [7, 11) is 1.41. The second-order valence-electron chi connectivity index (χ2n) is 5.58. The highest BCUT2D eigenvalue weighted by atomic mass is 16.5. The lowest BCUT2D eigenvalue weighted by atomic mass is 9.76. The van der Waals surface area contributed by atoms with Gasteiger partial charge in [-0.05, 0) is 42.7 Å². The molecule has 1 aromatic rings. The monoisotopic (exact) mass is 305 g/mol. The predicted molar refractivity (Wildman–Crippen MR) is 90.2 cm³/mol. The smallest absolute Gasteiger partial charge is 0.305 e. The van der Waals surface area contributed by atoms with Gasteiger partial charge < -0.3 is 15.6 Å². The number of carbonyl (C=O) groups is 1. The van der Waals surface area contributed by atoms with Crippen LogP contribution >= 0.6 is 0 Å². The van der Waals surface area contributed by atoms with Crippen LogP contribution < -0.4 is 5.73 Å². The van der Waals surface area contributed by atoms with Gasteiger partial charge in [0, 0.05) is 18.7 Å². The lowest BCUT2D eigenvalue weighted by molar-refractivity contribution is -0.141. The van der Waals surface area contributed by atoms with E-state index in [4.69, 9.17) is 15.6 Å². The number of benzene rings is 1. The van der Waals surface area contributed by atoms with E-state index in [9.17, 15) is 4.79 Å². The third kappa shape index (κ3) is 5.53. The van der Waals surface area contributed by atoms with Crippen LogP contribution in [0.3, 0.4) is 0 Å². The molecule has 0 radical (unpaired) electrons. The summed E-state index contributed by atoms with van der Waals surface area (Å²) < 4.78 is 4.74. The second-order valence-corrected chi connectivity index (χ2v) is 5.58. The van der Waals surface area contributed by atoms with Crippen molar-refractivity contribution in [3.8, 4) is 0 Å². The van der Waals surface area contributed by atoms with Gasteiger partial charge in [0.15, 0.2) is 0 Å². The van der Waals surface area contributed by atoms with Crippen LogP contribution in [-0.4, -0.2) is 24.8 Å². The maximum Gasteiger partial charge on any atom is 0.305 e.